The van der Waals surface area contributed by atoms with Gasteiger partial charge in [-0.2, -0.15) is 0 Å². The van der Waals surface area contributed by atoms with E-state index >= 15 is 0 Å². The Morgan fingerprint density at radius 3 is 2.93 bits per heavy atom. The minimum Gasteiger partial charge on any atom is -0.351 e. The minimum atomic E-state index is -0.0698. The van der Waals surface area contributed by atoms with Crippen molar-refractivity contribution >= 4 is 44.8 Å². The highest BCUT2D eigenvalue weighted by Crippen LogP contribution is 2.21. The number of amides is 1. The van der Waals surface area contributed by atoms with Gasteiger partial charge in [0.05, 0.1) is 5.02 Å². The number of alkyl halides is 1. The van der Waals surface area contributed by atoms with Gasteiger partial charge in [0.15, 0.2) is 0 Å². The zero-order valence-corrected chi connectivity index (χ0v) is 10.7. The molecular formula is C9H11BrClNOS. The second-order valence-corrected chi connectivity index (χ2v) is 4.87. The van der Waals surface area contributed by atoms with Crippen molar-refractivity contribution in [1.29, 1.82) is 0 Å². The van der Waals surface area contributed by atoms with Gasteiger partial charge in [-0.05, 0) is 24.3 Å². The van der Waals surface area contributed by atoms with Crippen LogP contribution in [0.4, 0.5) is 0 Å². The van der Waals surface area contributed by atoms with Crippen LogP contribution < -0.4 is 5.32 Å². The van der Waals surface area contributed by atoms with Crippen LogP contribution in [0.2, 0.25) is 5.02 Å². The number of unbranched alkanes of at least 4 members (excludes halogenated alkanes) is 1. The van der Waals surface area contributed by atoms with Gasteiger partial charge in [0, 0.05) is 11.9 Å². The van der Waals surface area contributed by atoms with Crippen LogP contribution in [-0.2, 0) is 0 Å². The summed E-state index contributed by atoms with van der Waals surface area (Å²) in [5.41, 5.74) is 0. The Kier molecular flexibility index (Phi) is 5.52. The monoisotopic (exact) mass is 295 g/mol. The molecule has 1 aromatic heterocycles. The summed E-state index contributed by atoms with van der Waals surface area (Å²) in [6.07, 6.45) is 2.05. The van der Waals surface area contributed by atoms with Gasteiger partial charge in [0.1, 0.15) is 4.88 Å². The Morgan fingerprint density at radius 2 is 2.36 bits per heavy atom. The van der Waals surface area contributed by atoms with Crippen molar-refractivity contribution in [3.05, 3.63) is 21.3 Å². The first kappa shape index (κ1) is 12.0. The highest BCUT2D eigenvalue weighted by atomic mass is 79.9. The molecule has 0 fully saturated rings. The van der Waals surface area contributed by atoms with Gasteiger partial charge < -0.3 is 5.32 Å². The summed E-state index contributed by atoms with van der Waals surface area (Å²) < 4.78 is 0. The highest BCUT2D eigenvalue weighted by Gasteiger charge is 2.10. The number of thiophene rings is 1. The maximum absolute atomic E-state index is 11.5. The zero-order valence-electron chi connectivity index (χ0n) is 7.56. The summed E-state index contributed by atoms with van der Waals surface area (Å²) in [6, 6.07) is 1.74. The molecule has 0 saturated carbocycles. The topological polar surface area (TPSA) is 29.1 Å². The average Bonchev–Trinajstić information content (AvgIpc) is 2.59. The second kappa shape index (κ2) is 6.43. The fraction of sp³-hybridized carbons (Fsp3) is 0.444. The highest BCUT2D eigenvalue weighted by molar-refractivity contribution is 9.09. The molecule has 14 heavy (non-hydrogen) atoms. The quantitative estimate of drug-likeness (QED) is 0.655. The fourth-order valence-electron chi connectivity index (χ4n) is 0.957. The van der Waals surface area contributed by atoms with Gasteiger partial charge in [-0.25, -0.2) is 0 Å². The lowest BCUT2D eigenvalue weighted by Gasteiger charge is -2.02. The first-order valence-electron chi connectivity index (χ1n) is 4.33. The molecule has 1 amide bonds. The maximum atomic E-state index is 11.5. The summed E-state index contributed by atoms with van der Waals surface area (Å²) in [6.45, 7) is 0.707. The molecule has 0 spiro atoms. The predicted octanol–water partition coefficient (Wildman–Crippen LogP) is 3.31. The van der Waals surface area contributed by atoms with Crippen LogP contribution in [0.3, 0.4) is 0 Å². The Labute approximate surface area is 101 Å². The second-order valence-electron chi connectivity index (χ2n) is 2.75. The molecule has 0 aromatic carbocycles. The summed E-state index contributed by atoms with van der Waals surface area (Å²) >= 11 is 10.5. The van der Waals surface area contributed by atoms with Crippen LogP contribution in [0.1, 0.15) is 22.5 Å². The normalized spacial score (nSPS) is 10.1. The number of hydrogen-bond donors (Lipinski definition) is 1. The lowest BCUT2D eigenvalue weighted by atomic mass is 10.3. The summed E-state index contributed by atoms with van der Waals surface area (Å²) in [5.74, 6) is -0.0698. The van der Waals surface area contributed by atoms with Crippen LogP contribution in [0.5, 0.6) is 0 Å². The van der Waals surface area contributed by atoms with Crippen LogP contribution in [0.15, 0.2) is 11.4 Å². The van der Waals surface area contributed by atoms with Gasteiger partial charge in [-0.15, -0.1) is 11.3 Å². The van der Waals surface area contributed by atoms with Gasteiger partial charge >= 0.3 is 0 Å². The third-order valence-electron chi connectivity index (χ3n) is 1.67. The molecule has 0 aliphatic carbocycles. The first-order chi connectivity index (χ1) is 6.75. The lowest BCUT2D eigenvalue weighted by Crippen LogP contribution is -2.23. The van der Waals surface area contributed by atoms with Crippen LogP contribution in [-0.4, -0.2) is 17.8 Å². The van der Waals surface area contributed by atoms with Gasteiger partial charge in [-0.1, -0.05) is 27.5 Å². The van der Waals surface area contributed by atoms with Crippen molar-refractivity contribution in [1.82, 2.24) is 5.32 Å². The molecular weight excluding hydrogens is 286 g/mol. The van der Waals surface area contributed by atoms with Gasteiger partial charge in [0.25, 0.3) is 5.91 Å². The summed E-state index contributed by atoms with van der Waals surface area (Å²) in [7, 11) is 0. The summed E-state index contributed by atoms with van der Waals surface area (Å²) in [4.78, 5) is 12.1. The van der Waals surface area contributed by atoms with E-state index in [-0.39, 0.29) is 5.91 Å². The number of rotatable bonds is 5. The molecule has 2 nitrogen and oxygen atoms in total. The van der Waals surface area contributed by atoms with Crippen molar-refractivity contribution < 1.29 is 4.79 Å². The van der Waals surface area contributed by atoms with E-state index < -0.39 is 0 Å². The standard InChI is InChI=1S/C9H11BrClNOS/c10-4-1-2-5-12-9(13)8-7(11)3-6-14-8/h3,6H,1-2,4-5H2,(H,12,13). The number of carbonyl (C=O) groups is 1. The van der Waals surface area contributed by atoms with Crippen LogP contribution >= 0.6 is 38.9 Å². The third kappa shape index (κ3) is 3.59. The maximum Gasteiger partial charge on any atom is 0.262 e. The van der Waals surface area contributed by atoms with Gasteiger partial charge in [0.2, 0.25) is 0 Å². The van der Waals surface area contributed by atoms with E-state index in [1.807, 2.05) is 5.38 Å². The van der Waals surface area contributed by atoms with Crippen molar-refractivity contribution in [3.63, 3.8) is 0 Å². The molecule has 0 radical (unpaired) electrons. The average molecular weight is 297 g/mol. The summed E-state index contributed by atoms with van der Waals surface area (Å²) in [5, 5.41) is 6.15. The van der Waals surface area contributed by atoms with Crippen LogP contribution in [0, 0.1) is 0 Å². The minimum absolute atomic E-state index is 0.0698. The Balaban J connectivity index is 2.32. The zero-order chi connectivity index (χ0) is 10.4. The van der Waals surface area contributed by atoms with E-state index in [2.05, 4.69) is 21.2 Å². The molecule has 0 aliphatic heterocycles. The number of halogens is 2. The fourth-order valence-corrected chi connectivity index (χ4v) is 2.41. The molecule has 0 saturated heterocycles. The molecule has 78 valence electrons. The molecule has 0 bridgehead atoms. The molecule has 5 heteroatoms. The van der Waals surface area contributed by atoms with Crippen LogP contribution in [0.25, 0.3) is 0 Å². The van der Waals surface area contributed by atoms with E-state index in [4.69, 9.17) is 11.6 Å². The Morgan fingerprint density at radius 1 is 1.57 bits per heavy atom. The molecule has 0 unspecified atom stereocenters. The lowest BCUT2D eigenvalue weighted by molar-refractivity contribution is 0.0957. The van der Waals surface area contributed by atoms with E-state index in [0.717, 1.165) is 18.2 Å². The smallest absolute Gasteiger partial charge is 0.262 e. The van der Waals surface area contributed by atoms with E-state index in [1.165, 1.54) is 11.3 Å². The van der Waals surface area contributed by atoms with E-state index in [0.29, 0.717) is 16.4 Å². The molecule has 1 rings (SSSR count). The third-order valence-corrected chi connectivity index (χ3v) is 3.57. The number of carbonyl (C=O) groups excluding carboxylic acids is 1. The Hall–Kier alpha value is -0.0600. The molecule has 1 heterocycles. The number of hydrogen-bond acceptors (Lipinski definition) is 2. The molecule has 1 aromatic rings. The predicted molar refractivity (Wildman–Crippen MR) is 64.7 cm³/mol. The van der Waals surface area contributed by atoms with E-state index in [9.17, 15) is 4.79 Å². The molecule has 0 aliphatic rings. The van der Waals surface area contributed by atoms with E-state index in [1.54, 1.807) is 6.07 Å². The van der Waals surface area contributed by atoms with Crippen molar-refractivity contribution in [2.75, 3.05) is 11.9 Å². The van der Waals surface area contributed by atoms with Crippen molar-refractivity contribution in [3.8, 4) is 0 Å². The SMILES string of the molecule is O=C(NCCCCBr)c1sccc1Cl. The van der Waals surface area contributed by atoms with Crippen molar-refractivity contribution in [2.24, 2.45) is 0 Å². The number of nitrogens with one attached hydrogen (secondary N) is 1. The molecule has 0 atom stereocenters. The van der Waals surface area contributed by atoms with Crippen molar-refractivity contribution in [2.45, 2.75) is 12.8 Å². The molecule has 1 N–H and O–H groups in total. The Bertz CT molecular complexity index is 303. The largest absolute Gasteiger partial charge is 0.351 e. The van der Waals surface area contributed by atoms with Gasteiger partial charge in [-0.3, -0.25) is 4.79 Å². The first-order valence-corrected chi connectivity index (χ1v) is 6.70.